The van der Waals surface area contributed by atoms with Gasteiger partial charge in [0.25, 0.3) is 10.0 Å². The van der Waals surface area contributed by atoms with Gasteiger partial charge in [-0.05, 0) is 61.2 Å². The standard InChI is InChI=1S/C28H26ClF2NO6S/c1-17-3-2-4-21(11-17)39(35,36)32-16-20(15-28(27(33)34)7-9-37-10-8-28)38-25-6-5-18(12-24(25)32)22-13-19(30)14-23(31)26(22)29/h2-6,11-14,20H,7-10,15-16H2,1H3,(H,33,34)/t20-/m0/s1. The molecule has 0 bridgehead atoms. The topological polar surface area (TPSA) is 93.1 Å². The molecule has 39 heavy (non-hydrogen) atoms. The van der Waals surface area contributed by atoms with Crippen molar-refractivity contribution in [3.05, 3.63) is 76.8 Å². The molecule has 2 heterocycles. The number of aryl methyl sites for hydroxylation is 1. The summed E-state index contributed by atoms with van der Waals surface area (Å²) in [5.74, 6) is -2.56. The number of aliphatic carboxylic acids is 1. The zero-order valence-electron chi connectivity index (χ0n) is 21.0. The Morgan fingerprint density at radius 3 is 2.56 bits per heavy atom. The maximum atomic E-state index is 14.2. The summed E-state index contributed by atoms with van der Waals surface area (Å²) in [4.78, 5) is 12.4. The molecule has 1 saturated heterocycles. The van der Waals surface area contributed by atoms with E-state index in [0.717, 1.165) is 11.6 Å². The van der Waals surface area contributed by atoms with Crippen LogP contribution in [0.15, 0.2) is 59.5 Å². The summed E-state index contributed by atoms with van der Waals surface area (Å²) in [5, 5.41) is 9.76. The summed E-state index contributed by atoms with van der Waals surface area (Å²) in [5.41, 5.74) is 0.117. The molecule has 3 aromatic carbocycles. The van der Waals surface area contributed by atoms with Crippen LogP contribution in [0.3, 0.4) is 0 Å². The summed E-state index contributed by atoms with van der Waals surface area (Å²) >= 11 is 6.13. The van der Waals surface area contributed by atoms with Crippen molar-refractivity contribution in [2.75, 3.05) is 24.1 Å². The van der Waals surface area contributed by atoms with Crippen LogP contribution in [0.4, 0.5) is 14.5 Å². The number of carboxylic acids is 1. The first-order valence-electron chi connectivity index (χ1n) is 12.4. The maximum Gasteiger partial charge on any atom is 0.309 e. The van der Waals surface area contributed by atoms with Crippen molar-refractivity contribution in [2.45, 2.75) is 37.2 Å². The molecule has 11 heteroatoms. The third-order valence-corrected chi connectivity index (χ3v) is 9.45. The Balaban J connectivity index is 1.61. The second-order valence-corrected chi connectivity index (χ2v) is 12.2. The molecule has 1 atom stereocenters. The quantitative estimate of drug-likeness (QED) is 0.371. The van der Waals surface area contributed by atoms with E-state index in [0.29, 0.717) is 6.07 Å². The highest BCUT2D eigenvalue weighted by atomic mass is 35.5. The number of anilines is 1. The second kappa shape index (κ2) is 10.4. The molecule has 0 radical (unpaired) electrons. The molecule has 0 saturated carbocycles. The SMILES string of the molecule is Cc1cccc(S(=O)(=O)N2C[C@H](CC3(C(=O)O)CCOCC3)Oc3ccc(-c4cc(F)cc(F)c4Cl)cc32)c1. The number of halogens is 3. The molecule has 0 aromatic heterocycles. The summed E-state index contributed by atoms with van der Waals surface area (Å²) in [6.07, 6.45) is -0.134. The van der Waals surface area contributed by atoms with Crippen LogP contribution < -0.4 is 9.04 Å². The van der Waals surface area contributed by atoms with E-state index in [9.17, 15) is 27.1 Å². The Hall–Kier alpha value is -3.21. The highest BCUT2D eigenvalue weighted by Gasteiger charge is 2.45. The minimum absolute atomic E-state index is 0.0494. The van der Waals surface area contributed by atoms with Gasteiger partial charge in [0, 0.05) is 31.3 Å². The molecule has 0 aliphatic carbocycles. The Kier molecular flexibility index (Phi) is 7.30. The highest BCUT2D eigenvalue weighted by molar-refractivity contribution is 7.92. The molecule has 5 rings (SSSR count). The smallest absolute Gasteiger partial charge is 0.309 e. The van der Waals surface area contributed by atoms with Gasteiger partial charge in [-0.1, -0.05) is 29.8 Å². The van der Waals surface area contributed by atoms with Gasteiger partial charge in [0.1, 0.15) is 23.5 Å². The second-order valence-electron chi connectivity index (χ2n) is 9.93. The van der Waals surface area contributed by atoms with Crippen LogP contribution in [0.5, 0.6) is 5.75 Å². The van der Waals surface area contributed by atoms with E-state index in [1.54, 1.807) is 25.1 Å². The van der Waals surface area contributed by atoms with Crippen LogP contribution in [0.1, 0.15) is 24.8 Å². The zero-order valence-corrected chi connectivity index (χ0v) is 22.6. The van der Waals surface area contributed by atoms with Crippen molar-refractivity contribution < 1.29 is 36.6 Å². The van der Waals surface area contributed by atoms with Crippen molar-refractivity contribution in [2.24, 2.45) is 5.41 Å². The number of carbonyl (C=O) groups is 1. The van der Waals surface area contributed by atoms with Gasteiger partial charge in [-0.3, -0.25) is 9.10 Å². The first kappa shape index (κ1) is 27.4. The highest BCUT2D eigenvalue weighted by Crippen LogP contribution is 2.44. The van der Waals surface area contributed by atoms with E-state index >= 15 is 0 Å². The van der Waals surface area contributed by atoms with Gasteiger partial charge in [0.15, 0.2) is 0 Å². The molecule has 206 valence electrons. The van der Waals surface area contributed by atoms with E-state index < -0.39 is 39.1 Å². The summed E-state index contributed by atoms with van der Waals surface area (Å²) < 4.78 is 68.9. The Morgan fingerprint density at radius 1 is 1.13 bits per heavy atom. The fourth-order valence-corrected chi connectivity index (χ4v) is 7.01. The number of hydrogen-bond acceptors (Lipinski definition) is 5. The maximum absolute atomic E-state index is 14.2. The van der Waals surface area contributed by atoms with Crippen molar-refractivity contribution in [1.82, 2.24) is 0 Å². The van der Waals surface area contributed by atoms with Crippen LogP contribution >= 0.6 is 11.6 Å². The number of hydrogen-bond donors (Lipinski definition) is 1. The lowest BCUT2D eigenvalue weighted by atomic mass is 9.75. The summed E-state index contributed by atoms with van der Waals surface area (Å²) in [6, 6.07) is 12.7. The van der Waals surface area contributed by atoms with Crippen LogP contribution in [0.25, 0.3) is 11.1 Å². The van der Waals surface area contributed by atoms with Gasteiger partial charge in [-0.2, -0.15) is 0 Å². The molecule has 0 amide bonds. The Labute approximate surface area is 230 Å². The largest absolute Gasteiger partial charge is 0.486 e. The monoisotopic (exact) mass is 577 g/mol. The lowest BCUT2D eigenvalue weighted by Crippen LogP contribution is -2.48. The van der Waals surface area contributed by atoms with E-state index in [4.69, 9.17) is 21.1 Å². The van der Waals surface area contributed by atoms with Gasteiger partial charge in [0.2, 0.25) is 0 Å². The first-order chi connectivity index (χ1) is 18.5. The number of fused-ring (bicyclic) bond motifs is 1. The number of ether oxygens (including phenoxy) is 2. The molecule has 2 aliphatic heterocycles. The minimum atomic E-state index is -4.14. The van der Waals surface area contributed by atoms with Crippen LogP contribution in [-0.2, 0) is 19.6 Å². The summed E-state index contributed by atoms with van der Waals surface area (Å²) in [6.45, 7) is 2.19. The molecule has 0 spiro atoms. The number of carboxylic acid groups (broad SMARTS) is 1. The van der Waals surface area contributed by atoms with Crippen LogP contribution in [0.2, 0.25) is 5.02 Å². The Morgan fingerprint density at radius 2 is 1.87 bits per heavy atom. The molecule has 7 nitrogen and oxygen atoms in total. The summed E-state index contributed by atoms with van der Waals surface area (Å²) in [7, 11) is -4.14. The average Bonchev–Trinajstić information content (AvgIpc) is 2.90. The van der Waals surface area contributed by atoms with Crippen molar-refractivity contribution in [1.29, 1.82) is 0 Å². The lowest BCUT2D eigenvalue weighted by Gasteiger charge is -2.40. The van der Waals surface area contributed by atoms with E-state index in [1.807, 2.05) is 0 Å². The van der Waals surface area contributed by atoms with Crippen molar-refractivity contribution >= 4 is 33.3 Å². The minimum Gasteiger partial charge on any atom is -0.486 e. The number of nitrogens with zero attached hydrogens (tertiary/aromatic N) is 1. The normalized spacial score (nSPS) is 18.8. The molecule has 0 unspecified atom stereocenters. The predicted molar refractivity (Wildman–Crippen MR) is 142 cm³/mol. The van der Waals surface area contributed by atoms with Gasteiger partial charge in [0.05, 0.1) is 27.6 Å². The molecule has 1 fully saturated rings. The van der Waals surface area contributed by atoms with Crippen LogP contribution in [-0.4, -0.2) is 45.4 Å². The molecular weight excluding hydrogens is 552 g/mol. The molecule has 2 aliphatic rings. The van der Waals surface area contributed by atoms with Gasteiger partial charge in [-0.15, -0.1) is 0 Å². The molecular formula is C28H26ClF2NO6S. The molecule has 3 aromatic rings. The fraction of sp³-hybridized carbons (Fsp3) is 0.321. The fourth-order valence-electron chi connectivity index (χ4n) is 5.19. The first-order valence-corrected chi connectivity index (χ1v) is 14.2. The average molecular weight is 578 g/mol. The van der Waals surface area contributed by atoms with Crippen molar-refractivity contribution in [3.8, 4) is 16.9 Å². The number of benzene rings is 3. The Bertz CT molecular complexity index is 1540. The lowest BCUT2D eigenvalue weighted by molar-refractivity contribution is -0.157. The van der Waals surface area contributed by atoms with E-state index in [2.05, 4.69) is 0 Å². The van der Waals surface area contributed by atoms with Gasteiger partial charge < -0.3 is 14.6 Å². The number of rotatable bonds is 6. The zero-order chi connectivity index (χ0) is 27.9. The third-order valence-electron chi connectivity index (χ3n) is 7.29. The third kappa shape index (κ3) is 5.20. The number of sulfonamides is 1. The predicted octanol–water partition coefficient (Wildman–Crippen LogP) is 5.82. The molecule has 1 N–H and O–H groups in total. The van der Waals surface area contributed by atoms with Gasteiger partial charge in [-0.25, -0.2) is 17.2 Å². The van der Waals surface area contributed by atoms with E-state index in [-0.39, 0.29) is 71.5 Å². The van der Waals surface area contributed by atoms with Gasteiger partial charge >= 0.3 is 5.97 Å². The van der Waals surface area contributed by atoms with E-state index in [1.165, 1.54) is 28.6 Å². The van der Waals surface area contributed by atoms with Crippen LogP contribution in [0, 0.1) is 24.0 Å². The van der Waals surface area contributed by atoms with Crippen molar-refractivity contribution in [3.63, 3.8) is 0 Å².